The third-order valence-electron chi connectivity index (χ3n) is 4.63. The van der Waals surface area contributed by atoms with Crippen LogP contribution in [0, 0.1) is 0 Å². The second-order valence-corrected chi connectivity index (χ2v) is 7.58. The van der Waals surface area contributed by atoms with Crippen molar-refractivity contribution in [3.63, 3.8) is 0 Å². The maximum Gasteiger partial charge on any atom is 0.266 e. The smallest absolute Gasteiger partial charge is 0.266 e. The van der Waals surface area contributed by atoms with Gasteiger partial charge in [0.2, 0.25) is 10.8 Å². The molecule has 2 aromatic rings. The van der Waals surface area contributed by atoms with Crippen molar-refractivity contribution in [2.75, 3.05) is 16.0 Å². The predicted molar refractivity (Wildman–Crippen MR) is 97.2 cm³/mol. The number of thioether (sulfide) groups is 1. The van der Waals surface area contributed by atoms with Gasteiger partial charge in [-0.25, -0.2) is 0 Å². The van der Waals surface area contributed by atoms with Crippen LogP contribution in [-0.2, 0) is 14.5 Å². The molecule has 2 amide bonds. The molecule has 0 saturated carbocycles. The Labute approximate surface area is 145 Å². The monoisotopic (exact) mass is 338 g/mol. The Morgan fingerprint density at radius 1 is 1.08 bits per heavy atom. The topological polar surface area (TPSA) is 49.4 Å². The Morgan fingerprint density at radius 3 is 2.50 bits per heavy atom. The number of benzene rings is 2. The highest BCUT2D eigenvalue weighted by molar-refractivity contribution is 8.02. The molecule has 0 aromatic heterocycles. The van der Waals surface area contributed by atoms with Crippen molar-refractivity contribution in [3.05, 3.63) is 59.7 Å². The van der Waals surface area contributed by atoms with Crippen LogP contribution in [0.1, 0.15) is 30.9 Å². The molecule has 5 heteroatoms. The van der Waals surface area contributed by atoms with Crippen molar-refractivity contribution in [2.24, 2.45) is 0 Å². The van der Waals surface area contributed by atoms with E-state index in [-0.39, 0.29) is 11.8 Å². The number of amides is 2. The van der Waals surface area contributed by atoms with Gasteiger partial charge in [-0.1, -0.05) is 44.2 Å². The summed E-state index contributed by atoms with van der Waals surface area (Å²) in [5.41, 5.74) is 3.62. The highest BCUT2D eigenvalue weighted by atomic mass is 32.2. The molecule has 1 N–H and O–H groups in total. The summed E-state index contributed by atoms with van der Waals surface area (Å²) in [4.78, 5) is 26.1. The van der Waals surface area contributed by atoms with Crippen LogP contribution < -0.4 is 10.2 Å². The fourth-order valence-electron chi connectivity index (χ4n) is 3.39. The lowest BCUT2D eigenvalue weighted by atomic mass is 10.0. The summed E-state index contributed by atoms with van der Waals surface area (Å²) in [6.45, 7) is 4.27. The van der Waals surface area contributed by atoms with Crippen LogP contribution in [0.25, 0.3) is 0 Å². The van der Waals surface area contributed by atoms with Crippen molar-refractivity contribution in [2.45, 2.75) is 24.6 Å². The second-order valence-electron chi connectivity index (χ2n) is 6.41. The molecule has 1 spiro atoms. The number of hydrogen-bond donors (Lipinski definition) is 1. The van der Waals surface area contributed by atoms with Crippen molar-refractivity contribution in [1.29, 1.82) is 0 Å². The molecule has 2 aromatic carbocycles. The molecule has 2 aliphatic rings. The first-order valence-electron chi connectivity index (χ1n) is 8.02. The number of para-hydroxylation sites is 1. The van der Waals surface area contributed by atoms with Crippen molar-refractivity contribution in [1.82, 2.24) is 0 Å². The number of anilines is 2. The normalized spacial score (nSPS) is 22.4. The van der Waals surface area contributed by atoms with Crippen LogP contribution in [0.4, 0.5) is 11.4 Å². The fourth-order valence-corrected chi connectivity index (χ4v) is 4.70. The number of carbonyl (C=O) groups is 2. The first-order valence-corrected chi connectivity index (χ1v) is 9.00. The van der Waals surface area contributed by atoms with Gasteiger partial charge in [0.25, 0.3) is 5.91 Å². The lowest BCUT2D eigenvalue weighted by Crippen LogP contribution is -2.47. The van der Waals surface area contributed by atoms with Crippen molar-refractivity contribution in [3.8, 4) is 0 Å². The highest BCUT2D eigenvalue weighted by Gasteiger charge is 2.58. The molecule has 4 nitrogen and oxygen atoms in total. The molecular formula is C19H18N2O2S. The molecule has 4 rings (SSSR count). The van der Waals surface area contributed by atoms with Crippen LogP contribution in [0.5, 0.6) is 0 Å². The van der Waals surface area contributed by atoms with Gasteiger partial charge >= 0.3 is 0 Å². The zero-order valence-electron chi connectivity index (χ0n) is 13.6. The maximum atomic E-state index is 12.8. The third-order valence-corrected chi connectivity index (χ3v) is 6.03. The first kappa shape index (κ1) is 15.3. The lowest BCUT2D eigenvalue weighted by molar-refractivity contribution is -0.122. The molecular weight excluding hydrogens is 320 g/mol. The minimum atomic E-state index is -0.993. The molecule has 122 valence electrons. The van der Waals surface area contributed by atoms with Gasteiger partial charge in [0, 0.05) is 16.9 Å². The summed E-state index contributed by atoms with van der Waals surface area (Å²) in [6, 6.07) is 15.5. The summed E-state index contributed by atoms with van der Waals surface area (Å²) < 4.78 is 0. The summed E-state index contributed by atoms with van der Waals surface area (Å²) >= 11 is 1.39. The van der Waals surface area contributed by atoms with Gasteiger partial charge in [0.05, 0.1) is 5.75 Å². The molecule has 2 aliphatic heterocycles. The molecule has 2 heterocycles. The average Bonchev–Trinajstić information content (AvgIpc) is 3.07. The van der Waals surface area contributed by atoms with E-state index in [1.54, 1.807) is 4.90 Å². The summed E-state index contributed by atoms with van der Waals surface area (Å²) in [7, 11) is 0. The Balaban J connectivity index is 1.84. The van der Waals surface area contributed by atoms with E-state index < -0.39 is 4.87 Å². The van der Waals surface area contributed by atoms with Gasteiger partial charge in [-0.3, -0.25) is 14.5 Å². The molecule has 0 radical (unpaired) electrons. The zero-order chi connectivity index (χ0) is 16.9. The fraction of sp³-hybridized carbons (Fsp3) is 0.263. The molecule has 0 aliphatic carbocycles. The summed E-state index contributed by atoms with van der Waals surface area (Å²) in [5.74, 6) is 0.539. The van der Waals surface area contributed by atoms with Crippen LogP contribution >= 0.6 is 11.8 Å². The molecule has 1 saturated heterocycles. The van der Waals surface area contributed by atoms with Crippen LogP contribution in [0.3, 0.4) is 0 Å². The molecule has 1 unspecified atom stereocenters. The third kappa shape index (κ3) is 2.01. The standard InChI is InChI=1S/C19H18N2O2S/c1-12(2)13-7-9-14(10-8-13)21-17(22)11-24-19(21)15-5-3-4-6-16(15)20-18(19)23/h3-10,12H,11H2,1-2H3,(H,20,23). The van der Waals surface area contributed by atoms with Gasteiger partial charge in [-0.15, -0.1) is 11.8 Å². The number of nitrogens with one attached hydrogen (secondary N) is 1. The zero-order valence-corrected chi connectivity index (χ0v) is 14.4. The van der Waals surface area contributed by atoms with Crippen LogP contribution in [0.15, 0.2) is 48.5 Å². The van der Waals surface area contributed by atoms with Gasteiger partial charge < -0.3 is 5.32 Å². The van der Waals surface area contributed by atoms with E-state index in [1.807, 2.05) is 48.5 Å². The average molecular weight is 338 g/mol. The highest BCUT2D eigenvalue weighted by Crippen LogP contribution is 2.53. The Morgan fingerprint density at radius 2 is 1.79 bits per heavy atom. The number of hydrogen-bond acceptors (Lipinski definition) is 3. The molecule has 24 heavy (non-hydrogen) atoms. The first-order chi connectivity index (χ1) is 11.5. The Kier molecular flexibility index (Phi) is 3.42. The number of rotatable bonds is 2. The SMILES string of the molecule is CC(C)c1ccc(N2C(=O)CSC23C(=O)Nc2ccccc23)cc1. The van der Waals surface area contributed by atoms with E-state index in [1.165, 1.54) is 17.3 Å². The van der Waals surface area contributed by atoms with E-state index in [4.69, 9.17) is 0 Å². The molecule has 1 atom stereocenters. The number of fused-ring (bicyclic) bond motifs is 2. The van der Waals surface area contributed by atoms with E-state index in [9.17, 15) is 9.59 Å². The minimum absolute atomic E-state index is 0.0378. The Hall–Kier alpha value is -2.27. The largest absolute Gasteiger partial charge is 0.323 e. The summed E-state index contributed by atoms with van der Waals surface area (Å²) in [5, 5.41) is 2.93. The molecule has 0 bridgehead atoms. The minimum Gasteiger partial charge on any atom is -0.323 e. The van der Waals surface area contributed by atoms with Crippen molar-refractivity contribution < 1.29 is 9.59 Å². The van der Waals surface area contributed by atoms with Gasteiger partial charge in [0.15, 0.2) is 0 Å². The van der Waals surface area contributed by atoms with Crippen LogP contribution in [-0.4, -0.2) is 17.6 Å². The number of nitrogens with zero attached hydrogens (tertiary/aromatic N) is 1. The molecule has 1 fully saturated rings. The van der Waals surface area contributed by atoms with E-state index >= 15 is 0 Å². The van der Waals surface area contributed by atoms with Gasteiger partial charge in [-0.05, 0) is 29.7 Å². The maximum absolute atomic E-state index is 12.8. The van der Waals surface area contributed by atoms with E-state index in [0.717, 1.165) is 16.9 Å². The van der Waals surface area contributed by atoms with E-state index in [0.29, 0.717) is 11.7 Å². The van der Waals surface area contributed by atoms with Gasteiger partial charge in [-0.2, -0.15) is 0 Å². The predicted octanol–water partition coefficient (Wildman–Crippen LogP) is 3.69. The van der Waals surface area contributed by atoms with E-state index in [2.05, 4.69) is 19.2 Å². The van der Waals surface area contributed by atoms with Gasteiger partial charge in [0.1, 0.15) is 0 Å². The van der Waals surface area contributed by atoms with Crippen molar-refractivity contribution >= 4 is 35.0 Å². The summed E-state index contributed by atoms with van der Waals surface area (Å²) in [6.07, 6.45) is 0. The second kappa shape index (κ2) is 5.38. The Bertz CT molecular complexity index is 832. The lowest BCUT2D eigenvalue weighted by Gasteiger charge is -2.32. The quantitative estimate of drug-likeness (QED) is 0.908. The van der Waals surface area contributed by atoms with Crippen LogP contribution in [0.2, 0.25) is 0 Å². The number of carbonyl (C=O) groups excluding carboxylic acids is 2.